The summed E-state index contributed by atoms with van der Waals surface area (Å²) in [6.45, 7) is 7.08. The smallest absolute Gasteiger partial charge is 0.101 e. The van der Waals surface area contributed by atoms with Crippen LogP contribution in [-0.2, 0) is 0 Å². The molecule has 1 spiro atoms. The highest BCUT2D eigenvalue weighted by molar-refractivity contribution is 5.27. The van der Waals surface area contributed by atoms with Gasteiger partial charge in [0.15, 0.2) is 0 Å². The van der Waals surface area contributed by atoms with Crippen LogP contribution in [0.5, 0.6) is 0 Å². The van der Waals surface area contributed by atoms with Crippen molar-refractivity contribution in [1.82, 2.24) is 0 Å². The van der Waals surface area contributed by atoms with Crippen molar-refractivity contribution in [2.45, 2.75) is 94.9 Å². The van der Waals surface area contributed by atoms with Crippen LogP contribution >= 0.6 is 0 Å². The predicted molar refractivity (Wildman–Crippen MR) is 94.0 cm³/mol. The van der Waals surface area contributed by atoms with E-state index in [1.165, 1.54) is 0 Å². The molecule has 26 heavy (non-hydrogen) atoms. The van der Waals surface area contributed by atoms with E-state index in [-0.39, 0.29) is 18.8 Å². The van der Waals surface area contributed by atoms with Gasteiger partial charge in [-0.3, -0.25) is 0 Å². The van der Waals surface area contributed by atoms with Gasteiger partial charge in [0.05, 0.1) is 29.5 Å². The summed E-state index contributed by atoms with van der Waals surface area (Å²) in [6, 6.07) is 0. The maximum atomic E-state index is 11.9. The lowest BCUT2D eigenvalue weighted by Crippen LogP contribution is -2.60. The maximum Gasteiger partial charge on any atom is 0.101 e. The molecule has 0 radical (unpaired) electrons. The Balaban J connectivity index is 1.90. The molecule has 0 saturated heterocycles. The molecule has 4 aliphatic carbocycles. The Kier molecular flexibility index (Phi) is 3.69. The van der Waals surface area contributed by atoms with Crippen LogP contribution in [0.4, 0.5) is 0 Å². The fourth-order valence-electron chi connectivity index (χ4n) is 7.71. The van der Waals surface area contributed by atoms with Gasteiger partial charge < -0.3 is 30.6 Å². The van der Waals surface area contributed by atoms with Gasteiger partial charge in [-0.2, -0.15) is 0 Å². The normalized spacial score (nSPS) is 63.9. The topological polar surface area (TPSA) is 121 Å². The molecule has 4 aliphatic rings. The molecule has 6 heteroatoms. The van der Waals surface area contributed by atoms with Crippen LogP contribution in [0.3, 0.4) is 0 Å². The number of rotatable bonds is 0. The van der Waals surface area contributed by atoms with Crippen molar-refractivity contribution in [3.63, 3.8) is 0 Å². The van der Waals surface area contributed by atoms with E-state index >= 15 is 0 Å². The summed E-state index contributed by atoms with van der Waals surface area (Å²) in [5.74, 6) is -1.25. The minimum Gasteiger partial charge on any atom is -0.392 e. The zero-order chi connectivity index (χ0) is 19.5. The summed E-state index contributed by atoms with van der Waals surface area (Å²) < 4.78 is 0. The Bertz CT molecular complexity index is 619. The molecule has 0 aliphatic heterocycles. The fourth-order valence-corrected chi connectivity index (χ4v) is 7.71. The van der Waals surface area contributed by atoms with Crippen molar-refractivity contribution in [1.29, 1.82) is 0 Å². The molecule has 6 N–H and O–H groups in total. The molecule has 6 nitrogen and oxygen atoms in total. The van der Waals surface area contributed by atoms with E-state index in [2.05, 4.69) is 0 Å². The third-order valence-electron chi connectivity index (χ3n) is 9.45. The summed E-state index contributed by atoms with van der Waals surface area (Å²) in [7, 11) is 0. The summed E-state index contributed by atoms with van der Waals surface area (Å²) in [5, 5.41) is 67.3. The highest BCUT2D eigenvalue weighted by Crippen LogP contribution is 2.70. The average molecular weight is 370 g/mol. The third kappa shape index (κ3) is 1.80. The Hall–Kier alpha value is -0.240. The third-order valence-corrected chi connectivity index (χ3v) is 9.45. The van der Waals surface area contributed by atoms with Crippen molar-refractivity contribution in [3.8, 4) is 0 Å². The predicted octanol–water partition coefficient (Wildman–Crippen LogP) is 0.168. The van der Waals surface area contributed by atoms with E-state index in [4.69, 9.17) is 0 Å². The largest absolute Gasteiger partial charge is 0.392 e. The maximum absolute atomic E-state index is 11.9. The number of hydrogen-bond donors (Lipinski definition) is 6. The van der Waals surface area contributed by atoms with Gasteiger partial charge in [-0.25, -0.2) is 0 Å². The van der Waals surface area contributed by atoms with Crippen molar-refractivity contribution in [2.75, 3.05) is 0 Å². The molecule has 0 aromatic heterocycles. The number of hydrogen-bond acceptors (Lipinski definition) is 6. The highest BCUT2D eigenvalue weighted by atomic mass is 16.4. The van der Waals surface area contributed by atoms with Crippen LogP contribution in [0.1, 0.15) is 59.8 Å². The molecule has 150 valence electrons. The van der Waals surface area contributed by atoms with Gasteiger partial charge in [-0.1, -0.05) is 20.8 Å². The van der Waals surface area contributed by atoms with Crippen LogP contribution in [0, 0.1) is 28.6 Å². The van der Waals surface area contributed by atoms with Crippen molar-refractivity contribution in [2.24, 2.45) is 28.6 Å². The van der Waals surface area contributed by atoms with E-state index < -0.39 is 57.8 Å². The molecule has 4 rings (SSSR count). The van der Waals surface area contributed by atoms with Gasteiger partial charge in [0, 0.05) is 16.7 Å². The lowest BCUT2D eigenvalue weighted by Gasteiger charge is -2.53. The fraction of sp³-hybridized carbons (Fsp3) is 1.00. The van der Waals surface area contributed by atoms with Crippen LogP contribution in [-0.4, -0.2) is 65.8 Å². The second kappa shape index (κ2) is 5.02. The summed E-state index contributed by atoms with van der Waals surface area (Å²) in [5.41, 5.74) is -5.96. The van der Waals surface area contributed by atoms with Gasteiger partial charge in [0.25, 0.3) is 0 Å². The first-order chi connectivity index (χ1) is 11.8. The zero-order valence-electron chi connectivity index (χ0n) is 16.2. The Morgan fingerprint density at radius 3 is 2.12 bits per heavy atom. The number of aliphatic hydroxyl groups is 6. The number of aliphatic hydroxyl groups excluding tert-OH is 3. The first-order valence-electron chi connectivity index (χ1n) is 9.97. The van der Waals surface area contributed by atoms with Gasteiger partial charge in [0.1, 0.15) is 5.60 Å². The molecule has 0 aromatic rings. The summed E-state index contributed by atoms with van der Waals surface area (Å²) in [6.07, 6.45) is -1.45. The highest BCUT2D eigenvalue weighted by Gasteiger charge is 2.77. The van der Waals surface area contributed by atoms with Crippen LogP contribution in [0.15, 0.2) is 0 Å². The summed E-state index contributed by atoms with van der Waals surface area (Å²) in [4.78, 5) is 0. The van der Waals surface area contributed by atoms with Crippen molar-refractivity contribution < 1.29 is 30.6 Å². The monoisotopic (exact) mass is 370 g/mol. The van der Waals surface area contributed by atoms with E-state index in [0.717, 1.165) is 0 Å². The molecule has 4 saturated carbocycles. The minimum absolute atomic E-state index is 0.0187. The van der Waals surface area contributed by atoms with Gasteiger partial charge in [0.2, 0.25) is 0 Å². The van der Waals surface area contributed by atoms with Crippen LogP contribution < -0.4 is 0 Å². The zero-order valence-corrected chi connectivity index (χ0v) is 16.2. The molecule has 2 bridgehead atoms. The average Bonchev–Trinajstić information content (AvgIpc) is 2.77. The standard InChI is InChI=1S/C20H34O6/c1-10-12-7-13(21)16(2,3)20(12,26)14(22)8-18-9-17(4,24)11(15(18)23)5-6-19(10,18)25/h10-15,21-26H,5-9H2,1-4H3/t10-,11-,12+,13+,14-,15-,17-,18-,19-,20+/m1/s1. The van der Waals surface area contributed by atoms with Crippen LogP contribution in [0.25, 0.3) is 0 Å². The molecular formula is C20H34O6. The van der Waals surface area contributed by atoms with Crippen molar-refractivity contribution in [3.05, 3.63) is 0 Å². The molecule has 4 fully saturated rings. The molecule has 0 aromatic carbocycles. The molecule has 0 unspecified atom stereocenters. The van der Waals surface area contributed by atoms with Gasteiger partial charge in [-0.15, -0.1) is 0 Å². The van der Waals surface area contributed by atoms with E-state index in [0.29, 0.717) is 19.3 Å². The van der Waals surface area contributed by atoms with Crippen LogP contribution in [0.2, 0.25) is 0 Å². The van der Waals surface area contributed by atoms with Gasteiger partial charge >= 0.3 is 0 Å². The molecule has 10 atom stereocenters. The molecular weight excluding hydrogens is 336 g/mol. The Morgan fingerprint density at radius 2 is 1.50 bits per heavy atom. The lowest BCUT2D eigenvalue weighted by atomic mass is 9.56. The Labute approximate surface area is 154 Å². The minimum atomic E-state index is -1.56. The quantitative estimate of drug-likeness (QED) is 0.361. The van der Waals surface area contributed by atoms with E-state index in [1.54, 1.807) is 20.8 Å². The van der Waals surface area contributed by atoms with Gasteiger partial charge in [-0.05, 0) is 50.9 Å². The van der Waals surface area contributed by atoms with E-state index in [9.17, 15) is 30.6 Å². The first-order valence-corrected chi connectivity index (χ1v) is 9.97. The van der Waals surface area contributed by atoms with E-state index in [1.807, 2.05) is 6.92 Å². The molecule has 0 heterocycles. The summed E-state index contributed by atoms with van der Waals surface area (Å²) >= 11 is 0. The molecule has 0 amide bonds. The Morgan fingerprint density at radius 1 is 0.885 bits per heavy atom. The second-order valence-corrected chi connectivity index (χ2v) is 10.6. The van der Waals surface area contributed by atoms with Crippen molar-refractivity contribution >= 4 is 0 Å². The SMILES string of the molecule is C[C@@H]1[C@@H]2C[C@H](O)C(C)(C)[C@@]2(O)[C@H](O)C[C@]23C[C@@](C)(O)[C@H](CC[C@@]12O)[C@H]3O. The number of fused-ring (bicyclic) bond motifs is 2. The second-order valence-electron chi connectivity index (χ2n) is 10.6. The lowest BCUT2D eigenvalue weighted by molar-refractivity contribution is -0.201. The first kappa shape index (κ1) is 19.1.